The molecule has 1 amide bonds. The van der Waals surface area contributed by atoms with Crippen LogP contribution in [0.25, 0.3) is 0 Å². The Balaban J connectivity index is 1.72. The topological polar surface area (TPSA) is 94.2 Å². The van der Waals surface area contributed by atoms with E-state index in [4.69, 9.17) is 14.2 Å². The minimum Gasteiger partial charge on any atom is -0.497 e. The summed E-state index contributed by atoms with van der Waals surface area (Å²) in [6, 6.07) is 9.92. The van der Waals surface area contributed by atoms with Crippen molar-refractivity contribution in [2.75, 3.05) is 39.7 Å². The Kier molecular flexibility index (Phi) is 7.40. The van der Waals surface area contributed by atoms with Gasteiger partial charge in [0.15, 0.2) is 0 Å². The molecule has 0 bridgehead atoms. The predicted molar refractivity (Wildman–Crippen MR) is 117 cm³/mol. The molecule has 1 fully saturated rings. The Bertz CT molecular complexity index is 1030. The van der Waals surface area contributed by atoms with Crippen molar-refractivity contribution in [2.24, 2.45) is 0 Å². The van der Waals surface area contributed by atoms with E-state index < -0.39 is 10.0 Å². The monoisotopic (exact) mass is 448 g/mol. The molecule has 1 N–H and O–H groups in total. The third-order valence-electron chi connectivity index (χ3n) is 5.26. The molecule has 0 radical (unpaired) electrons. The third kappa shape index (κ3) is 5.29. The van der Waals surface area contributed by atoms with Crippen LogP contribution in [0, 0.1) is 0 Å². The van der Waals surface area contributed by atoms with Gasteiger partial charge in [0.2, 0.25) is 15.9 Å². The second-order valence-corrected chi connectivity index (χ2v) is 9.14. The van der Waals surface area contributed by atoms with E-state index in [0.29, 0.717) is 48.0 Å². The Morgan fingerprint density at radius 2 is 1.68 bits per heavy atom. The minimum atomic E-state index is -3.54. The average Bonchev–Trinajstić information content (AvgIpc) is 3.33. The normalized spacial score (nSPS) is 14.3. The number of benzene rings is 2. The molecule has 1 saturated heterocycles. The summed E-state index contributed by atoms with van der Waals surface area (Å²) in [5.74, 6) is 1.44. The summed E-state index contributed by atoms with van der Waals surface area (Å²) >= 11 is 0. The maximum atomic E-state index is 12.9. The van der Waals surface area contributed by atoms with Crippen molar-refractivity contribution in [3.63, 3.8) is 0 Å². The van der Waals surface area contributed by atoms with Crippen LogP contribution in [0.15, 0.2) is 41.3 Å². The zero-order valence-electron chi connectivity index (χ0n) is 18.0. The molecule has 0 aromatic heterocycles. The molecule has 1 heterocycles. The Morgan fingerprint density at radius 1 is 0.968 bits per heavy atom. The number of rotatable bonds is 9. The number of hydrogen-bond acceptors (Lipinski definition) is 6. The Hall–Kier alpha value is -2.78. The van der Waals surface area contributed by atoms with Gasteiger partial charge in [0.05, 0.1) is 31.9 Å². The maximum Gasteiger partial charge on any atom is 0.243 e. The fraction of sp³-hybridized carbons (Fsp3) is 0.409. The number of ether oxygens (including phenoxy) is 3. The highest BCUT2D eigenvalue weighted by Gasteiger charge is 2.27. The second-order valence-electron chi connectivity index (χ2n) is 7.20. The summed E-state index contributed by atoms with van der Waals surface area (Å²) in [5, 5.41) is 2.82. The van der Waals surface area contributed by atoms with Crippen molar-refractivity contribution < 1.29 is 27.4 Å². The van der Waals surface area contributed by atoms with Crippen LogP contribution in [0.1, 0.15) is 24.8 Å². The molecule has 0 aliphatic carbocycles. The molecule has 168 valence electrons. The van der Waals surface area contributed by atoms with Gasteiger partial charge in [-0.05, 0) is 55.2 Å². The van der Waals surface area contributed by atoms with Gasteiger partial charge < -0.3 is 19.5 Å². The number of anilines is 1. The third-order valence-corrected chi connectivity index (χ3v) is 7.15. The molecule has 1 aliphatic heterocycles. The van der Waals surface area contributed by atoms with Crippen LogP contribution in [-0.4, -0.2) is 53.0 Å². The van der Waals surface area contributed by atoms with Gasteiger partial charge in [0.1, 0.15) is 17.2 Å². The van der Waals surface area contributed by atoms with Crippen LogP contribution in [0.4, 0.5) is 5.69 Å². The smallest absolute Gasteiger partial charge is 0.243 e. The van der Waals surface area contributed by atoms with Crippen LogP contribution in [0.2, 0.25) is 0 Å². The largest absolute Gasteiger partial charge is 0.497 e. The average molecular weight is 449 g/mol. The Morgan fingerprint density at radius 3 is 2.32 bits per heavy atom. The van der Waals surface area contributed by atoms with Gasteiger partial charge in [-0.2, -0.15) is 4.31 Å². The molecular formula is C22H28N2O6S. The molecule has 2 aromatic carbocycles. The van der Waals surface area contributed by atoms with E-state index in [2.05, 4.69) is 5.32 Å². The first-order chi connectivity index (χ1) is 14.9. The standard InChI is InChI=1S/C22H28N2O6S/c1-28-17-7-9-19(21(15-17)30-3)23-22(25)11-6-16-14-18(8-10-20(16)29-2)31(26,27)24-12-4-5-13-24/h7-10,14-15H,4-6,11-13H2,1-3H3,(H,23,25). The lowest BCUT2D eigenvalue weighted by atomic mass is 10.1. The van der Waals surface area contributed by atoms with Crippen LogP contribution >= 0.6 is 0 Å². The van der Waals surface area contributed by atoms with Crippen molar-refractivity contribution in [2.45, 2.75) is 30.6 Å². The highest BCUT2D eigenvalue weighted by Crippen LogP contribution is 2.30. The number of carbonyl (C=O) groups excluding carboxylic acids is 1. The molecule has 0 spiro atoms. The van der Waals surface area contributed by atoms with Crippen molar-refractivity contribution in [1.82, 2.24) is 4.31 Å². The molecule has 2 aromatic rings. The molecule has 0 saturated carbocycles. The zero-order valence-corrected chi connectivity index (χ0v) is 18.8. The number of amides is 1. The molecule has 9 heteroatoms. The van der Waals surface area contributed by atoms with E-state index in [0.717, 1.165) is 12.8 Å². The van der Waals surface area contributed by atoms with Crippen molar-refractivity contribution in [3.05, 3.63) is 42.0 Å². The maximum absolute atomic E-state index is 12.9. The molecular weight excluding hydrogens is 420 g/mol. The van der Waals surface area contributed by atoms with E-state index in [1.807, 2.05) is 0 Å². The first-order valence-corrected chi connectivity index (χ1v) is 11.5. The fourth-order valence-corrected chi connectivity index (χ4v) is 5.12. The highest BCUT2D eigenvalue weighted by atomic mass is 32.2. The van der Waals surface area contributed by atoms with E-state index in [1.165, 1.54) is 18.5 Å². The Labute approximate surface area is 183 Å². The van der Waals surface area contributed by atoms with Gasteiger partial charge in [-0.15, -0.1) is 0 Å². The summed E-state index contributed by atoms with van der Waals surface area (Å²) < 4.78 is 43.1. The van der Waals surface area contributed by atoms with E-state index in [9.17, 15) is 13.2 Å². The summed E-state index contributed by atoms with van der Waals surface area (Å²) in [6.07, 6.45) is 2.23. The summed E-state index contributed by atoms with van der Waals surface area (Å²) in [7, 11) is 1.05. The minimum absolute atomic E-state index is 0.152. The van der Waals surface area contributed by atoms with E-state index in [-0.39, 0.29) is 17.2 Å². The number of nitrogens with zero attached hydrogens (tertiary/aromatic N) is 1. The first-order valence-electron chi connectivity index (χ1n) is 10.1. The van der Waals surface area contributed by atoms with Crippen molar-refractivity contribution in [1.29, 1.82) is 0 Å². The number of methoxy groups -OCH3 is 3. The lowest BCUT2D eigenvalue weighted by Crippen LogP contribution is -2.28. The predicted octanol–water partition coefficient (Wildman–Crippen LogP) is 3.07. The SMILES string of the molecule is COc1ccc(NC(=O)CCc2cc(S(=O)(=O)N3CCCC3)ccc2OC)c(OC)c1. The van der Waals surface area contributed by atoms with Gasteiger partial charge in [0, 0.05) is 25.6 Å². The van der Waals surface area contributed by atoms with Crippen LogP contribution < -0.4 is 19.5 Å². The van der Waals surface area contributed by atoms with Crippen molar-refractivity contribution in [3.8, 4) is 17.2 Å². The van der Waals surface area contributed by atoms with E-state index in [1.54, 1.807) is 43.5 Å². The van der Waals surface area contributed by atoms with Gasteiger partial charge in [0.25, 0.3) is 0 Å². The second kappa shape index (κ2) is 10.0. The molecule has 8 nitrogen and oxygen atoms in total. The number of aryl methyl sites for hydroxylation is 1. The number of hydrogen-bond donors (Lipinski definition) is 1. The lowest BCUT2D eigenvalue weighted by Gasteiger charge is -2.17. The van der Waals surface area contributed by atoms with E-state index >= 15 is 0 Å². The van der Waals surface area contributed by atoms with Crippen molar-refractivity contribution >= 4 is 21.6 Å². The van der Waals surface area contributed by atoms with Crippen LogP contribution in [0.3, 0.4) is 0 Å². The first kappa shape index (κ1) is 22.9. The molecule has 0 unspecified atom stereocenters. The van der Waals surface area contributed by atoms with Gasteiger partial charge in [-0.1, -0.05) is 0 Å². The number of carbonyl (C=O) groups is 1. The van der Waals surface area contributed by atoms with Gasteiger partial charge in [-0.3, -0.25) is 4.79 Å². The molecule has 0 atom stereocenters. The number of sulfonamides is 1. The van der Waals surface area contributed by atoms with Crippen LogP contribution in [0.5, 0.6) is 17.2 Å². The summed E-state index contributed by atoms with van der Waals surface area (Å²) in [6.45, 7) is 1.07. The quantitative estimate of drug-likeness (QED) is 0.634. The highest BCUT2D eigenvalue weighted by molar-refractivity contribution is 7.89. The van der Waals surface area contributed by atoms with Crippen LogP contribution in [-0.2, 0) is 21.2 Å². The molecule has 3 rings (SSSR count). The molecule has 31 heavy (non-hydrogen) atoms. The van der Waals surface area contributed by atoms with Gasteiger partial charge in [-0.25, -0.2) is 8.42 Å². The fourth-order valence-electron chi connectivity index (χ4n) is 3.55. The number of nitrogens with one attached hydrogen (secondary N) is 1. The summed E-state index contributed by atoms with van der Waals surface area (Å²) in [4.78, 5) is 12.8. The molecule has 1 aliphatic rings. The summed E-state index contributed by atoms with van der Waals surface area (Å²) in [5.41, 5.74) is 1.20. The lowest BCUT2D eigenvalue weighted by molar-refractivity contribution is -0.116. The van der Waals surface area contributed by atoms with Gasteiger partial charge >= 0.3 is 0 Å². The zero-order chi connectivity index (χ0) is 22.4.